The number of anilines is 1. The largest absolute Gasteiger partial charge is 0.352 e. The van der Waals surface area contributed by atoms with Gasteiger partial charge in [0.1, 0.15) is 17.0 Å². The van der Waals surface area contributed by atoms with Crippen molar-refractivity contribution < 1.29 is 9.63 Å². The van der Waals surface area contributed by atoms with Crippen LogP contribution in [0.3, 0.4) is 0 Å². The number of piperazine rings is 1. The van der Waals surface area contributed by atoms with Crippen LogP contribution >= 0.6 is 11.3 Å². The highest BCUT2D eigenvalue weighted by atomic mass is 32.1. The molecule has 2 aromatic rings. The van der Waals surface area contributed by atoms with Crippen LogP contribution in [0.5, 0.6) is 0 Å². The molecule has 33 heavy (non-hydrogen) atoms. The molecule has 1 unspecified atom stereocenters. The number of nitrogens with zero attached hydrogens (tertiary/aromatic N) is 7. The number of allylic oxidation sites excluding steroid dienone is 2. The van der Waals surface area contributed by atoms with Crippen molar-refractivity contribution in [2.24, 2.45) is 10.3 Å². The Morgan fingerprint density at radius 3 is 2.94 bits per heavy atom. The van der Waals surface area contributed by atoms with Crippen molar-refractivity contribution in [1.29, 1.82) is 0 Å². The van der Waals surface area contributed by atoms with E-state index >= 15 is 0 Å². The molecule has 1 saturated heterocycles. The van der Waals surface area contributed by atoms with E-state index in [-0.39, 0.29) is 11.9 Å². The fourth-order valence-electron chi connectivity index (χ4n) is 3.63. The molecule has 1 amide bonds. The predicted octanol–water partition coefficient (Wildman–Crippen LogP) is 3.22. The molecule has 2 aromatic heterocycles. The summed E-state index contributed by atoms with van der Waals surface area (Å²) in [7, 11) is 0. The number of hydroxylamine groups is 1. The van der Waals surface area contributed by atoms with Crippen molar-refractivity contribution in [3.05, 3.63) is 41.6 Å². The number of fused-ring (bicyclic) bond motifs is 1. The van der Waals surface area contributed by atoms with Crippen molar-refractivity contribution in [1.82, 2.24) is 20.0 Å². The zero-order valence-corrected chi connectivity index (χ0v) is 19.4. The van der Waals surface area contributed by atoms with Gasteiger partial charge in [0.15, 0.2) is 0 Å². The second-order valence-electron chi connectivity index (χ2n) is 7.77. The highest BCUT2D eigenvalue weighted by Crippen LogP contribution is 2.30. The lowest BCUT2D eigenvalue weighted by atomic mass is 10.2. The Bertz CT molecular complexity index is 1100. The van der Waals surface area contributed by atoms with E-state index in [1.54, 1.807) is 6.33 Å². The van der Waals surface area contributed by atoms with Gasteiger partial charge < -0.3 is 9.80 Å². The van der Waals surface area contributed by atoms with E-state index in [4.69, 9.17) is 11.3 Å². The second kappa shape index (κ2) is 11.0. The smallest absolute Gasteiger partial charge is 0.222 e. The SMILES string of the molecule is C#Cc1cc2c(N3CCN(C(=O)CCCON4C/C=C\C=C/C(C)N=N4)CC3)ncnc2s1. The van der Waals surface area contributed by atoms with Gasteiger partial charge >= 0.3 is 0 Å². The molecule has 4 heterocycles. The second-order valence-corrected chi connectivity index (χ2v) is 8.80. The quantitative estimate of drug-likeness (QED) is 0.481. The normalized spacial score (nSPS) is 20.7. The van der Waals surface area contributed by atoms with Crippen molar-refractivity contribution in [3.63, 3.8) is 0 Å². The molecule has 9 nitrogen and oxygen atoms in total. The standard InChI is InChI=1S/C23H27N7O2S/c1-3-19-16-20-22(24-17-25-23(20)33-19)29-13-11-28(12-14-29)21(31)9-7-15-32-30-10-6-4-5-8-18(2)26-27-30/h1,4-6,8,16-18H,7,9-15H2,2H3/b6-4-,8-5-,27-26?. The van der Waals surface area contributed by atoms with Crippen LogP contribution in [-0.2, 0) is 9.63 Å². The number of aromatic nitrogens is 2. The monoisotopic (exact) mass is 465 g/mol. The number of carbonyl (C=O) groups is 1. The van der Waals surface area contributed by atoms with E-state index in [0.717, 1.165) is 34.0 Å². The number of rotatable bonds is 6. The Labute approximate surface area is 197 Å². The van der Waals surface area contributed by atoms with E-state index in [1.807, 2.05) is 42.2 Å². The summed E-state index contributed by atoms with van der Waals surface area (Å²) in [5.41, 5.74) is 0. The first-order chi connectivity index (χ1) is 16.1. The maximum absolute atomic E-state index is 12.7. The summed E-state index contributed by atoms with van der Waals surface area (Å²) >= 11 is 1.49. The topological polar surface area (TPSA) is 86.5 Å². The Morgan fingerprint density at radius 1 is 1.27 bits per heavy atom. The number of hydrogen-bond acceptors (Lipinski definition) is 9. The summed E-state index contributed by atoms with van der Waals surface area (Å²) in [5, 5.41) is 10.7. The van der Waals surface area contributed by atoms with Crippen molar-refractivity contribution in [3.8, 4) is 12.3 Å². The summed E-state index contributed by atoms with van der Waals surface area (Å²) in [5.74, 6) is 3.70. The molecule has 2 aliphatic rings. The van der Waals surface area contributed by atoms with Crippen LogP contribution in [0.25, 0.3) is 10.2 Å². The average molecular weight is 466 g/mol. The van der Waals surface area contributed by atoms with E-state index in [9.17, 15) is 4.79 Å². The summed E-state index contributed by atoms with van der Waals surface area (Å²) in [6.07, 6.45) is 16.0. The molecule has 0 aliphatic carbocycles. The lowest BCUT2D eigenvalue weighted by Gasteiger charge is -2.35. The zero-order valence-electron chi connectivity index (χ0n) is 18.6. The molecule has 0 radical (unpaired) electrons. The number of carbonyl (C=O) groups excluding carboxylic acids is 1. The van der Waals surface area contributed by atoms with Gasteiger partial charge in [0.2, 0.25) is 5.91 Å². The van der Waals surface area contributed by atoms with Crippen LogP contribution < -0.4 is 4.90 Å². The minimum atomic E-state index is -0.00310. The van der Waals surface area contributed by atoms with Gasteiger partial charge in [0, 0.05) is 32.6 Å². The van der Waals surface area contributed by atoms with E-state index in [0.29, 0.717) is 39.1 Å². The van der Waals surface area contributed by atoms with Gasteiger partial charge in [-0.25, -0.2) is 9.97 Å². The third-order valence-corrected chi connectivity index (χ3v) is 6.36. The minimum absolute atomic E-state index is 0.00310. The molecular weight excluding hydrogens is 438 g/mol. The first kappa shape index (κ1) is 22.9. The highest BCUT2D eigenvalue weighted by Gasteiger charge is 2.23. The molecule has 1 atom stereocenters. The van der Waals surface area contributed by atoms with E-state index in [2.05, 4.69) is 31.1 Å². The fraction of sp³-hybridized carbons (Fsp3) is 0.435. The van der Waals surface area contributed by atoms with E-state index < -0.39 is 0 Å². The lowest BCUT2D eigenvalue weighted by Crippen LogP contribution is -2.49. The number of hydrogen-bond donors (Lipinski definition) is 0. The van der Waals surface area contributed by atoms with Gasteiger partial charge in [-0.1, -0.05) is 30.2 Å². The van der Waals surface area contributed by atoms with Crippen molar-refractivity contribution in [2.45, 2.75) is 25.8 Å². The lowest BCUT2D eigenvalue weighted by molar-refractivity contribution is -0.160. The summed E-state index contributed by atoms with van der Waals surface area (Å²) < 4.78 is 0. The van der Waals surface area contributed by atoms with Gasteiger partial charge in [0.05, 0.1) is 29.5 Å². The van der Waals surface area contributed by atoms with Crippen LogP contribution in [0, 0.1) is 12.3 Å². The molecule has 0 bridgehead atoms. The molecule has 2 aliphatic heterocycles. The molecule has 0 saturated carbocycles. The third kappa shape index (κ3) is 5.94. The van der Waals surface area contributed by atoms with Crippen LogP contribution in [-0.4, -0.2) is 71.3 Å². The molecule has 0 spiro atoms. The van der Waals surface area contributed by atoms with Gasteiger partial charge in [-0.3, -0.25) is 9.63 Å². The molecule has 0 N–H and O–H groups in total. The van der Waals surface area contributed by atoms with Crippen molar-refractivity contribution in [2.75, 3.05) is 44.2 Å². The molecular formula is C23H27N7O2S. The number of amides is 1. The highest BCUT2D eigenvalue weighted by molar-refractivity contribution is 7.19. The molecule has 4 rings (SSSR count). The first-order valence-electron chi connectivity index (χ1n) is 11.0. The maximum Gasteiger partial charge on any atom is 0.222 e. The van der Waals surface area contributed by atoms with Gasteiger partial charge in [-0.2, -0.15) is 10.3 Å². The van der Waals surface area contributed by atoms with Gasteiger partial charge in [-0.15, -0.1) is 17.8 Å². The zero-order chi connectivity index (χ0) is 23.0. The molecule has 0 aromatic carbocycles. The summed E-state index contributed by atoms with van der Waals surface area (Å²) in [6, 6.07) is 1.96. The Kier molecular flexibility index (Phi) is 7.65. The predicted molar refractivity (Wildman–Crippen MR) is 129 cm³/mol. The van der Waals surface area contributed by atoms with Crippen LogP contribution in [0.4, 0.5) is 5.82 Å². The molecule has 172 valence electrons. The van der Waals surface area contributed by atoms with Crippen molar-refractivity contribution >= 4 is 33.3 Å². The van der Waals surface area contributed by atoms with Crippen LogP contribution in [0.1, 0.15) is 24.6 Å². The Hall–Kier alpha value is -3.29. The van der Waals surface area contributed by atoms with Crippen LogP contribution in [0.15, 0.2) is 47.0 Å². The fourth-order valence-corrected chi connectivity index (χ4v) is 4.44. The van der Waals surface area contributed by atoms with Crippen LogP contribution in [0.2, 0.25) is 0 Å². The third-order valence-electron chi connectivity index (χ3n) is 5.39. The average Bonchev–Trinajstić information content (AvgIpc) is 3.30. The Morgan fingerprint density at radius 2 is 2.12 bits per heavy atom. The summed E-state index contributed by atoms with van der Waals surface area (Å²) in [4.78, 5) is 33.0. The number of thiophene rings is 1. The maximum atomic E-state index is 12.7. The van der Waals surface area contributed by atoms with Gasteiger partial charge in [-0.05, 0) is 24.6 Å². The molecule has 10 heteroatoms. The first-order valence-corrected chi connectivity index (χ1v) is 11.8. The number of terminal acetylenes is 1. The van der Waals surface area contributed by atoms with E-state index in [1.165, 1.54) is 16.5 Å². The summed E-state index contributed by atoms with van der Waals surface area (Å²) in [6.45, 7) is 5.65. The van der Waals surface area contributed by atoms with Gasteiger partial charge in [0.25, 0.3) is 0 Å². The minimum Gasteiger partial charge on any atom is -0.352 e. The molecule has 1 fully saturated rings. The Balaban J connectivity index is 1.22.